The first-order valence-corrected chi connectivity index (χ1v) is 9.24. The maximum atomic E-state index is 13.3. The zero-order valence-electron chi connectivity index (χ0n) is 16.4. The number of aromatic nitrogens is 2. The minimum atomic E-state index is -0.0225. The average molecular weight is 401 g/mol. The molecule has 148 valence electrons. The molecule has 0 radical (unpaired) electrons. The molecule has 2 aromatic heterocycles. The number of carbonyl (C=O) groups excluding carboxylic acids is 1. The number of likely N-dealkylation sites (tertiary alicyclic amines) is 1. The van der Waals surface area contributed by atoms with E-state index in [1.165, 1.54) is 5.56 Å². The number of carbonyl (C=O) groups is 1. The van der Waals surface area contributed by atoms with E-state index in [9.17, 15) is 4.79 Å². The fraction of sp³-hybridized carbons (Fsp3) is 0.381. The monoisotopic (exact) mass is 400 g/mol. The van der Waals surface area contributed by atoms with Crippen LogP contribution in [-0.4, -0.2) is 40.6 Å². The van der Waals surface area contributed by atoms with Crippen LogP contribution in [0.25, 0.3) is 22.4 Å². The fourth-order valence-electron chi connectivity index (χ4n) is 3.67. The van der Waals surface area contributed by atoms with Crippen LogP contribution < -0.4 is 5.73 Å². The van der Waals surface area contributed by atoms with Crippen LogP contribution in [0.5, 0.6) is 0 Å². The van der Waals surface area contributed by atoms with Gasteiger partial charge in [0.2, 0.25) is 0 Å². The van der Waals surface area contributed by atoms with Gasteiger partial charge in [-0.25, -0.2) is 4.98 Å². The predicted molar refractivity (Wildman–Crippen MR) is 112 cm³/mol. The number of halogens is 1. The van der Waals surface area contributed by atoms with Crippen molar-refractivity contribution in [2.45, 2.75) is 27.2 Å². The topological polar surface area (TPSA) is 85.2 Å². The first-order chi connectivity index (χ1) is 12.9. The Bertz CT molecular complexity index is 1020. The Hall–Kier alpha value is -2.44. The van der Waals surface area contributed by atoms with Gasteiger partial charge < -0.3 is 15.2 Å². The number of hydrogen-bond acceptors (Lipinski definition) is 5. The highest BCUT2D eigenvalue weighted by Crippen LogP contribution is 2.32. The van der Waals surface area contributed by atoms with Crippen molar-refractivity contribution < 1.29 is 9.32 Å². The lowest BCUT2D eigenvalue weighted by Crippen LogP contribution is -2.34. The summed E-state index contributed by atoms with van der Waals surface area (Å²) in [6.07, 6.45) is 0.914. The van der Waals surface area contributed by atoms with Crippen LogP contribution in [0.2, 0.25) is 0 Å². The van der Waals surface area contributed by atoms with Crippen molar-refractivity contribution in [1.82, 2.24) is 15.0 Å². The van der Waals surface area contributed by atoms with E-state index in [4.69, 9.17) is 10.3 Å². The number of nitrogens with zero attached hydrogens (tertiary/aromatic N) is 3. The minimum absolute atomic E-state index is 0. The van der Waals surface area contributed by atoms with Crippen LogP contribution in [0.4, 0.5) is 0 Å². The molecule has 0 saturated carbocycles. The molecule has 4 rings (SSSR count). The Balaban J connectivity index is 0.00000225. The third-order valence-electron chi connectivity index (χ3n) is 5.53. The van der Waals surface area contributed by atoms with Crippen LogP contribution in [-0.2, 0) is 0 Å². The molecule has 1 aliphatic heterocycles. The Morgan fingerprint density at radius 1 is 1.29 bits per heavy atom. The lowest BCUT2D eigenvalue weighted by molar-refractivity contribution is 0.0778. The molecule has 3 heterocycles. The third kappa shape index (κ3) is 3.50. The molecule has 0 spiro atoms. The third-order valence-corrected chi connectivity index (χ3v) is 5.53. The number of nitrogens with two attached hydrogens (primary N) is 1. The zero-order chi connectivity index (χ0) is 19.2. The van der Waals surface area contributed by atoms with Gasteiger partial charge in [0.15, 0.2) is 0 Å². The van der Waals surface area contributed by atoms with Crippen molar-refractivity contribution in [2.24, 2.45) is 11.1 Å². The predicted octanol–water partition coefficient (Wildman–Crippen LogP) is 3.74. The molecule has 1 aliphatic rings. The van der Waals surface area contributed by atoms with E-state index < -0.39 is 0 Å². The molecule has 1 atom stereocenters. The smallest absolute Gasteiger partial charge is 0.259 e. The van der Waals surface area contributed by atoms with E-state index in [1.54, 1.807) is 0 Å². The van der Waals surface area contributed by atoms with Crippen molar-refractivity contribution >= 4 is 29.4 Å². The summed E-state index contributed by atoms with van der Waals surface area (Å²) in [7, 11) is 0. The molecule has 1 amide bonds. The summed E-state index contributed by atoms with van der Waals surface area (Å²) in [6, 6.07) is 9.92. The van der Waals surface area contributed by atoms with Crippen LogP contribution in [0, 0.1) is 19.3 Å². The van der Waals surface area contributed by atoms with E-state index >= 15 is 0 Å². The zero-order valence-corrected chi connectivity index (χ0v) is 17.2. The Morgan fingerprint density at radius 3 is 2.64 bits per heavy atom. The highest BCUT2D eigenvalue weighted by molar-refractivity contribution is 6.07. The quantitative estimate of drug-likeness (QED) is 0.723. The van der Waals surface area contributed by atoms with Crippen molar-refractivity contribution in [3.05, 3.63) is 47.2 Å². The van der Waals surface area contributed by atoms with E-state index in [1.807, 2.05) is 49.1 Å². The van der Waals surface area contributed by atoms with Crippen LogP contribution in [0.1, 0.15) is 35.0 Å². The largest absolute Gasteiger partial charge is 0.338 e. The van der Waals surface area contributed by atoms with E-state index in [0.717, 1.165) is 12.0 Å². The van der Waals surface area contributed by atoms with E-state index in [0.29, 0.717) is 47.7 Å². The molecule has 28 heavy (non-hydrogen) atoms. The first-order valence-electron chi connectivity index (χ1n) is 9.24. The van der Waals surface area contributed by atoms with Crippen molar-refractivity contribution in [1.29, 1.82) is 0 Å². The second-order valence-electron chi connectivity index (χ2n) is 7.86. The van der Waals surface area contributed by atoms with E-state index in [-0.39, 0.29) is 23.7 Å². The molecule has 1 fully saturated rings. The van der Waals surface area contributed by atoms with Gasteiger partial charge in [0.05, 0.1) is 22.3 Å². The van der Waals surface area contributed by atoms with Gasteiger partial charge in [0.25, 0.3) is 11.6 Å². The Kier molecular flexibility index (Phi) is 5.46. The highest BCUT2D eigenvalue weighted by atomic mass is 35.5. The fourth-order valence-corrected chi connectivity index (χ4v) is 3.67. The second-order valence-corrected chi connectivity index (χ2v) is 7.86. The average Bonchev–Trinajstić information content (AvgIpc) is 3.25. The molecule has 0 aliphatic carbocycles. The number of aryl methyl sites for hydroxylation is 2. The number of pyridine rings is 1. The van der Waals surface area contributed by atoms with Gasteiger partial charge in [-0.05, 0) is 38.3 Å². The van der Waals surface area contributed by atoms with Gasteiger partial charge in [-0.3, -0.25) is 4.79 Å². The lowest BCUT2D eigenvalue weighted by atomic mass is 9.90. The summed E-state index contributed by atoms with van der Waals surface area (Å²) >= 11 is 0. The number of hydrogen-bond donors (Lipinski definition) is 1. The summed E-state index contributed by atoms with van der Waals surface area (Å²) in [4.78, 5) is 19.8. The van der Waals surface area contributed by atoms with Crippen LogP contribution in [0.3, 0.4) is 0 Å². The molecule has 6 nitrogen and oxygen atoms in total. The molecule has 1 aromatic carbocycles. The van der Waals surface area contributed by atoms with Gasteiger partial charge in [-0.2, -0.15) is 0 Å². The van der Waals surface area contributed by atoms with Gasteiger partial charge in [-0.1, -0.05) is 41.9 Å². The summed E-state index contributed by atoms with van der Waals surface area (Å²) in [5.41, 5.74) is 10.4. The van der Waals surface area contributed by atoms with Crippen molar-refractivity contribution in [2.75, 3.05) is 19.6 Å². The van der Waals surface area contributed by atoms with Gasteiger partial charge in [0, 0.05) is 18.7 Å². The van der Waals surface area contributed by atoms with E-state index in [2.05, 4.69) is 17.1 Å². The molecule has 0 bridgehead atoms. The molecular weight excluding hydrogens is 376 g/mol. The molecule has 7 heteroatoms. The summed E-state index contributed by atoms with van der Waals surface area (Å²) in [5.74, 6) is -0.0146. The maximum absolute atomic E-state index is 13.3. The normalized spacial score (nSPS) is 19.1. The first kappa shape index (κ1) is 20.3. The number of benzene rings is 1. The number of fused-ring (bicyclic) bond motifs is 1. The van der Waals surface area contributed by atoms with Gasteiger partial charge in [-0.15, -0.1) is 12.4 Å². The highest BCUT2D eigenvalue weighted by Gasteiger charge is 2.36. The minimum Gasteiger partial charge on any atom is -0.338 e. The Labute approximate surface area is 170 Å². The number of rotatable bonds is 3. The second kappa shape index (κ2) is 7.53. The molecule has 1 unspecified atom stereocenters. The Morgan fingerprint density at radius 2 is 2.00 bits per heavy atom. The van der Waals surface area contributed by atoms with Gasteiger partial charge >= 0.3 is 0 Å². The summed E-state index contributed by atoms with van der Waals surface area (Å²) < 4.78 is 5.40. The van der Waals surface area contributed by atoms with Crippen molar-refractivity contribution in [3.8, 4) is 11.3 Å². The SMILES string of the molecule is Cc1ccc(-c2cc(C(=O)N3CCC(C)(CN)C3)c3c(C)noc3n2)cc1.Cl. The maximum Gasteiger partial charge on any atom is 0.259 e. The summed E-state index contributed by atoms with van der Waals surface area (Å²) in [5, 5.41) is 4.72. The van der Waals surface area contributed by atoms with Crippen LogP contribution in [0.15, 0.2) is 34.9 Å². The van der Waals surface area contributed by atoms with Crippen molar-refractivity contribution in [3.63, 3.8) is 0 Å². The standard InChI is InChI=1S/C21H24N4O2.ClH/c1-13-4-6-15(7-5-13)17-10-16(18-14(2)24-27-19(18)23-17)20(26)25-9-8-21(3,11-22)12-25;/h4-7,10H,8-9,11-12,22H2,1-3H3;1H. The molecular formula is C21H25ClN4O2. The molecule has 2 N–H and O–H groups in total. The lowest BCUT2D eigenvalue weighted by Gasteiger charge is -2.23. The molecule has 3 aromatic rings. The molecule has 1 saturated heterocycles. The van der Waals surface area contributed by atoms with Gasteiger partial charge in [0.1, 0.15) is 0 Å². The van der Waals surface area contributed by atoms with Crippen LogP contribution >= 0.6 is 12.4 Å². The summed E-state index contributed by atoms with van der Waals surface area (Å²) in [6.45, 7) is 7.95. The number of amides is 1.